The maximum absolute atomic E-state index is 3.75. The SMILES string of the molecule is C=CCc1c[nH]c2ccc(C)cc12. The summed E-state index contributed by atoms with van der Waals surface area (Å²) in [6.07, 6.45) is 4.93. The van der Waals surface area contributed by atoms with Crippen molar-refractivity contribution in [3.63, 3.8) is 0 Å². The van der Waals surface area contributed by atoms with Crippen molar-refractivity contribution < 1.29 is 0 Å². The molecule has 0 bridgehead atoms. The standard InChI is InChI=1S/C12H13N/c1-3-4-10-8-13-12-6-5-9(2)7-11(10)12/h3,5-8,13H,1,4H2,2H3. The van der Waals surface area contributed by atoms with Gasteiger partial charge in [0.05, 0.1) is 0 Å². The van der Waals surface area contributed by atoms with Crippen molar-refractivity contribution in [2.24, 2.45) is 0 Å². The number of fused-ring (bicyclic) bond motifs is 1. The Morgan fingerprint density at radius 1 is 1.46 bits per heavy atom. The lowest BCUT2D eigenvalue weighted by molar-refractivity contribution is 1.29. The van der Waals surface area contributed by atoms with Crippen LogP contribution in [0.2, 0.25) is 0 Å². The van der Waals surface area contributed by atoms with E-state index >= 15 is 0 Å². The van der Waals surface area contributed by atoms with E-state index in [0.29, 0.717) is 0 Å². The van der Waals surface area contributed by atoms with Crippen LogP contribution in [-0.4, -0.2) is 4.98 Å². The third kappa shape index (κ3) is 1.37. The van der Waals surface area contributed by atoms with Crippen LogP contribution in [0.3, 0.4) is 0 Å². The van der Waals surface area contributed by atoms with Crippen LogP contribution in [0.25, 0.3) is 10.9 Å². The van der Waals surface area contributed by atoms with Crippen LogP contribution in [0.15, 0.2) is 37.1 Å². The zero-order chi connectivity index (χ0) is 9.26. The van der Waals surface area contributed by atoms with Crippen LogP contribution < -0.4 is 0 Å². The Kier molecular flexibility index (Phi) is 1.93. The number of aromatic amines is 1. The van der Waals surface area contributed by atoms with Crippen molar-refractivity contribution >= 4 is 10.9 Å². The summed E-state index contributed by atoms with van der Waals surface area (Å²) in [4.78, 5) is 3.25. The molecule has 1 aromatic heterocycles. The van der Waals surface area contributed by atoms with E-state index in [0.717, 1.165) is 6.42 Å². The topological polar surface area (TPSA) is 15.8 Å². The van der Waals surface area contributed by atoms with Crippen LogP contribution in [0.5, 0.6) is 0 Å². The van der Waals surface area contributed by atoms with E-state index in [1.54, 1.807) is 0 Å². The second kappa shape index (κ2) is 3.09. The quantitative estimate of drug-likeness (QED) is 0.668. The Labute approximate surface area is 78.1 Å². The van der Waals surface area contributed by atoms with E-state index < -0.39 is 0 Å². The van der Waals surface area contributed by atoms with E-state index in [1.807, 2.05) is 6.08 Å². The molecule has 0 saturated carbocycles. The summed E-state index contributed by atoms with van der Waals surface area (Å²) < 4.78 is 0. The molecule has 2 aromatic rings. The van der Waals surface area contributed by atoms with E-state index in [1.165, 1.54) is 22.0 Å². The number of aromatic nitrogens is 1. The smallest absolute Gasteiger partial charge is 0.0457 e. The first-order chi connectivity index (χ1) is 6.31. The van der Waals surface area contributed by atoms with Gasteiger partial charge >= 0.3 is 0 Å². The van der Waals surface area contributed by atoms with Gasteiger partial charge in [-0.2, -0.15) is 0 Å². The summed E-state index contributed by atoms with van der Waals surface area (Å²) in [5.74, 6) is 0. The molecule has 1 heterocycles. The summed E-state index contributed by atoms with van der Waals surface area (Å²) in [6, 6.07) is 6.46. The third-order valence-corrected chi connectivity index (χ3v) is 2.29. The molecule has 0 amide bonds. The molecule has 1 nitrogen and oxygen atoms in total. The van der Waals surface area contributed by atoms with Gasteiger partial charge in [-0.1, -0.05) is 17.7 Å². The van der Waals surface area contributed by atoms with Gasteiger partial charge in [-0.15, -0.1) is 6.58 Å². The molecular weight excluding hydrogens is 158 g/mol. The van der Waals surface area contributed by atoms with Gasteiger partial charge in [-0.25, -0.2) is 0 Å². The van der Waals surface area contributed by atoms with Crippen LogP contribution >= 0.6 is 0 Å². The molecule has 66 valence electrons. The van der Waals surface area contributed by atoms with Crippen molar-refractivity contribution in [3.8, 4) is 0 Å². The Bertz CT molecular complexity index is 437. The number of allylic oxidation sites excluding steroid dienone is 1. The maximum atomic E-state index is 3.75. The lowest BCUT2D eigenvalue weighted by Gasteiger charge is -1.95. The fraction of sp³-hybridized carbons (Fsp3) is 0.167. The van der Waals surface area contributed by atoms with Gasteiger partial charge in [-0.05, 0) is 31.0 Å². The zero-order valence-electron chi connectivity index (χ0n) is 7.80. The highest BCUT2D eigenvalue weighted by Gasteiger charge is 2.00. The second-order valence-corrected chi connectivity index (χ2v) is 3.36. The molecule has 2 rings (SSSR count). The summed E-state index contributed by atoms with van der Waals surface area (Å²) >= 11 is 0. The number of nitrogens with one attached hydrogen (secondary N) is 1. The lowest BCUT2D eigenvalue weighted by atomic mass is 10.1. The van der Waals surface area contributed by atoms with Gasteiger partial charge in [-0.3, -0.25) is 0 Å². The van der Waals surface area contributed by atoms with Crippen molar-refractivity contribution in [3.05, 3.63) is 48.2 Å². The minimum absolute atomic E-state index is 0.934. The number of rotatable bonds is 2. The zero-order valence-corrected chi connectivity index (χ0v) is 7.80. The van der Waals surface area contributed by atoms with Crippen LogP contribution in [0.1, 0.15) is 11.1 Å². The molecule has 0 spiro atoms. The van der Waals surface area contributed by atoms with E-state index in [2.05, 4.69) is 42.9 Å². The molecule has 0 radical (unpaired) electrons. The maximum Gasteiger partial charge on any atom is 0.0457 e. The fourth-order valence-corrected chi connectivity index (χ4v) is 1.62. The predicted octanol–water partition coefficient (Wildman–Crippen LogP) is 3.20. The number of H-pyrrole nitrogens is 1. The highest BCUT2D eigenvalue weighted by Crippen LogP contribution is 2.19. The highest BCUT2D eigenvalue weighted by atomic mass is 14.7. The first-order valence-corrected chi connectivity index (χ1v) is 4.49. The summed E-state index contributed by atoms with van der Waals surface area (Å²) in [7, 11) is 0. The second-order valence-electron chi connectivity index (χ2n) is 3.36. The normalized spacial score (nSPS) is 10.5. The molecule has 1 N–H and O–H groups in total. The molecule has 1 aromatic carbocycles. The van der Waals surface area contributed by atoms with Crippen molar-refractivity contribution in [1.82, 2.24) is 4.98 Å². The Hall–Kier alpha value is -1.50. The van der Waals surface area contributed by atoms with Crippen LogP contribution in [-0.2, 0) is 6.42 Å². The molecule has 1 heteroatoms. The molecule has 0 fully saturated rings. The Balaban J connectivity index is 2.64. The van der Waals surface area contributed by atoms with E-state index in [4.69, 9.17) is 0 Å². The average Bonchev–Trinajstić information content (AvgIpc) is 2.49. The Morgan fingerprint density at radius 2 is 2.31 bits per heavy atom. The molecule has 13 heavy (non-hydrogen) atoms. The van der Waals surface area contributed by atoms with Crippen LogP contribution in [0, 0.1) is 6.92 Å². The molecule has 0 aliphatic heterocycles. The predicted molar refractivity (Wildman–Crippen MR) is 56.9 cm³/mol. The lowest BCUT2D eigenvalue weighted by Crippen LogP contribution is -1.77. The number of benzene rings is 1. The van der Waals surface area contributed by atoms with Crippen molar-refractivity contribution in [1.29, 1.82) is 0 Å². The van der Waals surface area contributed by atoms with Gasteiger partial charge < -0.3 is 4.98 Å². The average molecular weight is 171 g/mol. The number of hydrogen-bond acceptors (Lipinski definition) is 0. The molecule has 0 atom stereocenters. The van der Waals surface area contributed by atoms with Gasteiger partial charge in [0.25, 0.3) is 0 Å². The fourth-order valence-electron chi connectivity index (χ4n) is 1.62. The highest BCUT2D eigenvalue weighted by molar-refractivity contribution is 5.84. The van der Waals surface area contributed by atoms with Gasteiger partial charge in [0, 0.05) is 17.1 Å². The van der Waals surface area contributed by atoms with Gasteiger partial charge in [0.15, 0.2) is 0 Å². The van der Waals surface area contributed by atoms with Crippen molar-refractivity contribution in [2.45, 2.75) is 13.3 Å². The minimum Gasteiger partial charge on any atom is -0.361 e. The molecular formula is C12H13N. The number of hydrogen-bond donors (Lipinski definition) is 1. The third-order valence-electron chi connectivity index (χ3n) is 2.29. The summed E-state index contributed by atoms with van der Waals surface area (Å²) in [5.41, 5.74) is 3.84. The molecule has 0 unspecified atom stereocenters. The summed E-state index contributed by atoms with van der Waals surface area (Å²) in [6.45, 7) is 5.87. The van der Waals surface area contributed by atoms with Crippen LogP contribution in [0.4, 0.5) is 0 Å². The molecule has 0 aliphatic carbocycles. The van der Waals surface area contributed by atoms with E-state index in [-0.39, 0.29) is 0 Å². The summed E-state index contributed by atoms with van der Waals surface area (Å²) in [5, 5.41) is 1.32. The van der Waals surface area contributed by atoms with Gasteiger partial charge in [0.1, 0.15) is 0 Å². The van der Waals surface area contributed by atoms with Crippen molar-refractivity contribution in [2.75, 3.05) is 0 Å². The van der Waals surface area contributed by atoms with E-state index in [9.17, 15) is 0 Å². The minimum atomic E-state index is 0.934. The Morgan fingerprint density at radius 3 is 3.08 bits per heavy atom. The largest absolute Gasteiger partial charge is 0.361 e. The monoisotopic (exact) mass is 171 g/mol. The first kappa shape index (κ1) is 8.11. The first-order valence-electron chi connectivity index (χ1n) is 4.49. The molecule has 0 aliphatic rings. The van der Waals surface area contributed by atoms with Gasteiger partial charge in [0.2, 0.25) is 0 Å². The number of aryl methyl sites for hydroxylation is 1. The molecule has 0 saturated heterocycles.